The summed E-state index contributed by atoms with van der Waals surface area (Å²) in [6.07, 6.45) is 1.06. The van der Waals surface area contributed by atoms with Crippen LogP contribution in [0.15, 0.2) is 41.9 Å². The van der Waals surface area contributed by atoms with Gasteiger partial charge in [0.2, 0.25) is 5.95 Å². The molecular weight excluding hydrogens is 326 g/mol. The fourth-order valence-electron chi connectivity index (χ4n) is 2.75. The zero-order chi connectivity index (χ0) is 18.1. The molecule has 1 N–H and O–H groups in total. The lowest BCUT2D eigenvalue weighted by atomic mass is 9.95. The van der Waals surface area contributed by atoms with Gasteiger partial charge in [0.15, 0.2) is 0 Å². The predicted octanol–water partition coefficient (Wildman–Crippen LogP) is 2.43. The summed E-state index contributed by atoms with van der Waals surface area (Å²) in [5, 5.41) is 18.3. The van der Waals surface area contributed by atoms with Crippen molar-refractivity contribution in [3.05, 3.63) is 57.5 Å². The van der Waals surface area contributed by atoms with Crippen molar-refractivity contribution in [2.45, 2.75) is 32.9 Å². The molecule has 1 aliphatic rings. The van der Waals surface area contributed by atoms with Crippen LogP contribution in [-0.2, 0) is 9.53 Å². The van der Waals surface area contributed by atoms with Gasteiger partial charge < -0.3 is 10.1 Å². The number of ether oxygens (including phenoxy) is 1. The normalized spacial score (nSPS) is 16.4. The second-order valence-electron chi connectivity index (χ2n) is 5.90. The van der Waals surface area contributed by atoms with Gasteiger partial charge in [-0.15, -0.1) is 0 Å². The van der Waals surface area contributed by atoms with Gasteiger partial charge in [0.1, 0.15) is 12.4 Å². The molecule has 3 rings (SSSR count). The van der Waals surface area contributed by atoms with Gasteiger partial charge in [0.25, 0.3) is 5.69 Å². The van der Waals surface area contributed by atoms with Crippen LogP contribution in [0.25, 0.3) is 0 Å². The summed E-state index contributed by atoms with van der Waals surface area (Å²) in [7, 11) is 0. The summed E-state index contributed by atoms with van der Waals surface area (Å²) in [6.45, 7) is 5.25. The number of aromatic nitrogens is 3. The maximum atomic E-state index is 12.6. The topological polar surface area (TPSA) is 112 Å². The molecule has 0 saturated carbocycles. The molecule has 1 aromatic carbocycles. The van der Waals surface area contributed by atoms with Crippen molar-refractivity contribution < 1.29 is 14.5 Å². The number of hydrogen-bond donors (Lipinski definition) is 1. The average Bonchev–Trinajstić information content (AvgIpc) is 3.00. The van der Waals surface area contributed by atoms with E-state index < -0.39 is 16.9 Å². The molecule has 9 heteroatoms. The quantitative estimate of drug-likeness (QED) is 0.515. The van der Waals surface area contributed by atoms with Crippen LogP contribution in [-0.4, -0.2) is 31.8 Å². The monoisotopic (exact) mass is 343 g/mol. The van der Waals surface area contributed by atoms with E-state index in [9.17, 15) is 14.9 Å². The molecule has 0 aliphatic carbocycles. The Labute approximate surface area is 143 Å². The van der Waals surface area contributed by atoms with Crippen molar-refractivity contribution in [1.82, 2.24) is 14.8 Å². The van der Waals surface area contributed by atoms with E-state index in [2.05, 4.69) is 15.4 Å². The Morgan fingerprint density at radius 2 is 2.20 bits per heavy atom. The summed E-state index contributed by atoms with van der Waals surface area (Å²) in [5.41, 5.74) is 1.40. The fraction of sp³-hybridized carbons (Fsp3) is 0.312. The van der Waals surface area contributed by atoms with Crippen molar-refractivity contribution in [1.29, 1.82) is 0 Å². The number of carbonyl (C=O) groups is 1. The lowest BCUT2D eigenvalue weighted by Crippen LogP contribution is -2.30. The van der Waals surface area contributed by atoms with E-state index in [0.717, 1.165) is 0 Å². The number of non-ortho nitro benzene ring substituents is 1. The summed E-state index contributed by atoms with van der Waals surface area (Å²) < 4.78 is 6.87. The van der Waals surface area contributed by atoms with Crippen LogP contribution >= 0.6 is 0 Å². The maximum absolute atomic E-state index is 12.6. The lowest BCUT2D eigenvalue weighted by molar-refractivity contribution is -0.384. The molecule has 2 heterocycles. The molecule has 25 heavy (non-hydrogen) atoms. The number of nitro groups is 1. The van der Waals surface area contributed by atoms with Crippen molar-refractivity contribution in [2.75, 3.05) is 5.32 Å². The number of nitrogens with zero attached hydrogens (tertiary/aromatic N) is 4. The molecule has 1 unspecified atom stereocenters. The minimum absolute atomic E-state index is 0.0630. The van der Waals surface area contributed by atoms with E-state index in [1.165, 1.54) is 23.1 Å². The Balaban J connectivity index is 2.14. The molecule has 2 aromatic rings. The van der Waals surface area contributed by atoms with Gasteiger partial charge in [0, 0.05) is 17.8 Å². The molecule has 0 amide bonds. The average molecular weight is 343 g/mol. The number of carbonyl (C=O) groups excluding carboxylic acids is 1. The molecule has 1 aliphatic heterocycles. The van der Waals surface area contributed by atoms with Crippen LogP contribution in [0, 0.1) is 10.1 Å². The van der Waals surface area contributed by atoms with E-state index in [1.807, 2.05) is 0 Å². The van der Waals surface area contributed by atoms with Crippen LogP contribution in [0.2, 0.25) is 0 Å². The number of hydrogen-bond acceptors (Lipinski definition) is 7. The van der Waals surface area contributed by atoms with Crippen LogP contribution in [0.3, 0.4) is 0 Å². The highest BCUT2D eigenvalue weighted by molar-refractivity contribution is 5.92. The highest BCUT2D eigenvalue weighted by atomic mass is 16.6. The largest absolute Gasteiger partial charge is 0.459 e. The van der Waals surface area contributed by atoms with E-state index in [-0.39, 0.29) is 11.8 Å². The summed E-state index contributed by atoms with van der Waals surface area (Å²) in [6, 6.07) is 5.45. The highest BCUT2D eigenvalue weighted by Crippen LogP contribution is 2.36. The molecule has 0 spiro atoms. The SMILES string of the molecule is CC1=C(C(=O)OC(C)C)C(c2cccc([N+](=O)[O-])c2)n2ncnc2N1. The number of nitrogens with one attached hydrogen (secondary N) is 1. The minimum atomic E-state index is -0.662. The zero-order valence-corrected chi connectivity index (χ0v) is 14.0. The Morgan fingerprint density at radius 3 is 2.88 bits per heavy atom. The van der Waals surface area contributed by atoms with Crippen molar-refractivity contribution in [3.63, 3.8) is 0 Å². The second-order valence-corrected chi connectivity index (χ2v) is 5.90. The van der Waals surface area contributed by atoms with E-state index in [0.29, 0.717) is 22.8 Å². The van der Waals surface area contributed by atoms with Gasteiger partial charge in [-0.2, -0.15) is 10.1 Å². The van der Waals surface area contributed by atoms with Crippen molar-refractivity contribution >= 4 is 17.6 Å². The standard InChI is InChI=1S/C16H17N5O4/c1-9(2)25-15(22)13-10(3)19-16-17-8-18-20(16)14(13)11-5-4-6-12(7-11)21(23)24/h4-9,14H,1-3H3,(H,17,18,19). The van der Waals surface area contributed by atoms with Crippen molar-refractivity contribution in [3.8, 4) is 0 Å². The maximum Gasteiger partial charge on any atom is 0.338 e. The fourth-order valence-corrected chi connectivity index (χ4v) is 2.75. The Hall–Kier alpha value is -3.23. The molecular formula is C16H17N5O4. The van der Waals surface area contributed by atoms with Gasteiger partial charge in [-0.1, -0.05) is 12.1 Å². The molecule has 1 aromatic heterocycles. The van der Waals surface area contributed by atoms with Crippen molar-refractivity contribution in [2.24, 2.45) is 0 Å². The van der Waals surface area contributed by atoms with Crippen LogP contribution in [0.5, 0.6) is 0 Å². The predicted molar refractivity (Wildman–Crippen MR) is 88.8 cm³/mol. The van der Waals surface area contributed by atoms with Gasteiger partial charge in [-0.3, -0.25) is 10.1 Å². The summed E-state index contributed by atoms with van der Waals surface area (Å²) in [5.74, 6) is -0.0484. The first-order valence-corrected chi connectivity index (χ1v) is 7.71. The van der Waals surface area contributed by atoms with Crippen LogP contribution in [0.1, 0.15) is 32.4 Å². The first-order chi connectivity index (χ1) is 11.9. The van der Waals surface area contributed by atoms with Crippen LogP contribution < -0.4 is 5.32 Å². The van der Waals surface area contributed by atoms with Crippen LogP contribution in [0.4, 0.5) is 11.6 Å². The third kappa shape index (κ3) is 3.08. The number of benzene rings is 1. The first-order valence-electron chi connectivity index (χ1n) is 7.71. The van der Waals surface area contributed by atoms with E-state index >= 15 is 0 Å². The third-order valence-electron chi connectivity index (χ3n) is 3.75. The Bertz CT molecular complexity index is 871. The molecule has 0 fully saturated rings. The molecule has 130 valence electrons. The number of allylic oxidation sites excluding steroid dienone is 1. The molecule has 9 nitrogen and oxygen atoms in total. The van der Waals surface area contributed by atoms with E-state index in [4.69, 9.17) is 4.74 Å². The number of rotatable bonds is 4. The first kappa shape index (κ1) is 16.6. The number of nitro benzene ring substituents is 1. The number of anilines is 1. The molecule has 0 bridgehead atoms. The highest BCUT2D eigenvalue weighted by Gasteiger charge is 2.35. The van der Waals surface area contributed by atoms with Gasteiger partial charge in [0.05, 0.1) is 16.6 Å². The molecule has 0 saturated heterocycles. The van der Waals surface area contributed by atoms with E-state index in [1.54, 1.807) is 32.9 Å². The number of esters is 1. The Kier molecular flexibility index (Phi) is 4.22. The lowest BCUT2D eigenvalue weighted by Gasteiger charge is -2.28. The molecule has 1 atom stereocenters. The summed E-state index contributed by atoms with van der Waals surface area (Å²) >= 11 is 0. The number of fused-ring (bicyclic) bond motifs is 1. The zero-order valence-electron chi connectivity index (χ0n) is 14.0. The minimum Gasteiger partial charge on any atom is -0.459 e. The smallest absolute Gasteiger partial charge is 0.338 e. The third-order valence-corrected chi connectivity index (χ3v) is 3.75. The van der Waals surface area contributed by atoms with Gasteiger partial charge in [-0.25, -0.2) is 9.48 Å². The summed E-state index contributed by atoms with van der Waals surface area (Å²) in [4.78, 5) is 27.4. The Morgan fingerprint density at radius 1 is 1.44 bits per heavy atom. The van der Waals surface area contributed by atoms with Gasteiger partial charge >= 0.3 is 5.97 Å². The van der Waals surface area contributed by atoms with Gasteiger partial charge in [-0.05, 0) is 26.3 Å². The second kappa shape index (κ2) is 6.34. The molecule has 0 radical (unpaired) electrons.